The van der Waals surface area contributed by atoms with Gasteiger partial charge in [0.15, 0.2) is 10.8 Å². The smallest absolute Gasteiger partial charge is 0.358 e. The first kappa shape index (κ1) is 14.3. The Morgan fingerprint density at radius 3 is 2.88 bits per heavy atom. The van der Waals surface area contributed by atoms with Crippen molar-refractivity contribution in [2.75, 3.05) is 37.1 Å². The molecule has 0 spiro atoms. The highest BCUT2D eigenvalue weighted by Gasteiger charge is 2.17. The molecular weight excluding hydrogens is 256 g/mol. The van der Waals surface area contributed by atoms with Crippen molar-refractivity contribution in [2.45, 2.75) is 13.8 Å². The largest absolute Gasteiger partial charge is 0.461 e. The summed E-state index contributed by atoms with van der Waals surface area (Å²) in [6, 6.07) is 0. The van der Waals surface area contributed by atoms with E-state index >= 15 is 0 Å². The second-order valence-corrected chi connectivity index (χ2v) is 5.70. The Morgan fingerprint density at radius 1 is 1.59 bits per heavy atom. The number of nitrogens with zero attached hydrogens (tertiary/aromatic N) is 2. The Morgan fingerprint density at radius 2 is 2.29 bits per heavy atom. The molecule has 0 bridgehead atoms. The minimum Gasteiger partial charge on any atom is -0.461 e. The van der Waals surface area contributed by atoms with E-state index in [1.165, 1.54) is 11.3 Å². The Bertz CT molecular complexity index is 380. The highest BCUT2D eigenvalue weighted by molar-refractivity contribution is 7.98. The van der Waals surface area contributed by atoms with Crippen molar-refractivity contribution in [3.63, 3.8) is 0 Å². The van der Waals surface area contributed by atoms with Gasteiger partial charge in [-0.2, -0.15) is 11.8 Å². The van der Waals surface area contributed by atoms with Gasteiger partial charge in [0.2, 0.25) is 0 Å². The number of aromatic nitrogens is 1. The number of carbonyl (C=O) groups excluding carboxylic acids is 1. The summed E-state index contributed by atoms with van der Waals surface area (Å²) in [5.41, 5.74) is 0.447. The minimum absolute atomic E-state index is 0.328. The van der Waals surface area contributed by atoms with E-state index in [1.54, 1.807) is 18.7 Å². The summed E-state index contributed by atoms with van der Waals surface area (Å²) >= 11 is 3.33. The van der Waals surface area contributed by atoms with Crippen molar-refractivity contribution >= 4 is 34.2 Å². The van der Waals surface area contributed by atoms with E-state index in [4.69, 9.17) is 4.74 Å². The summed E-state index contributed by atoms with van der Waals surface area (Å²) in [7, 11) is 1.99. The van der Waals surface area contributed by atoms with E-state index in [9.17, 15) is 4.79 Å². The van der Waals surface area contributed by atoms with Crippen LogP contribution in [0.1, 0.15) is 22.3 Å². The van der Waals surface area contributed by atoms with Gasteiger partial charge in [-0.3, -0.25) is 0 Å². The van der Waals surface area contributed by atoms with E-state index in [0.29, 0.717) is 12.3 Å². The lowest BCUT2D eigenvalue weighted by molar-refractivity contribution is 0.0519. The summed E-state index contributed by atoms with van der Waals surface area (Å²) in [5.74, 6) is 0.718. The SMILES string of the molecule is CCOC(=O)c1nc(N(C)CCSC)sc1C. The van der Waals surface area contributed by atoms with E-state index < -0.39 is 0 Å². The van der Waals surface area contributed by atoms with Crippen LogP contribution in [0.25, 0.3) is 0 Å². The fourth-order valence-electron chi connectivity index (χ4n) is 1.26. The number of thioether (sulfide) groups is 1. The third-order valence-electron chi connectivity index (χ3n) is 2.21. The molecule has 0 unspecified atom stereocenters. The van der Waals surface area contributed by atoms with Gasteiger partial charge in [-0.15, -0.1) is 11.3 Å². The highest BCUT2D eigenvalue weighted by atomic mass is 32.2. The summed E-state index contributed by atoms with van der Waals surface area (Å²) in [6.07, 6.45) is 2.07. The first-order valence-electron chi connectivity index (χ1n) is 5.44. The number of anilines is 1. The first-order chi connectivity index (χ1) is 8.10. The molecule has 6 heteroatoms. The number of esters is 1. The van der Waals surface area contributed by atoms with Crippen LogP contribution in [0.4, 0.5) is 5.13 Å². The molecule has 4 nitrogen and oxygen atoms in total. The Labute approximate surface area is 110 Å². The zero-order chi connectivity index (χ0) is 12.8. The van der Waals surface area contributed by atoms with Crippen molar-refractivity contribution in [3.8, 4) is 0 Å². The third kappa shape index (κ3) is 3.89. The summed E-state index contributed by atoms with van der Waals surface area (Å²) in [6.45, 7) is 5.00. The van der Waals surface area contributed by atoms with Crippen LogP contribution in [0.15, 0.2) is 0 Å². The maximum absolute atomic E-state index is 11.6. The average molecular weight is 274 g/mol. The van der Waals surface area contributed by atoms with Crippen LogP contribution in [0.5, 0.6) is 0 Å². The maximum Gasteiger partial charge on any atom is 0.358 e. The second kappa shape index (κ2) is 6.86. The molecule has 0 aliphatic rings. The number of hydrogen-bond acceptors (Lipinski definition) is 6. The maximum atomic E-state index is 11.6. The summed E-state index contributed by atoms with van der Waals surface area (Å²) in [4.78, 5) is 18.9. The Kier molecular flexibility index (Phi) is 5.77. The van der Waals surface area contributed by atoms with Gasteiger partial charge in [-0.05, 0) is 20.1 Å². The number of ether oxygens (including phenoxy) is 1. The normalized spacial score (nSPS) is 10.4. The monoisotopic (exact) mass is 274 g/mol. The zero-order valence-corrected chi connectivity index (χ0v) is 12.3. The van der Waals surface area contributed by atoms with Crippen LogP contribution in [-0.2, 0) is 4.74 Å². The van der Waals surface area contributed by atoms with Gasteiger partial charge in [-0.25, -0.2) is 9.78 Å². The van der Waals surface area contributed by atoms with E-state index in [2.05, 4.69) is 16.1 Å². The van der Waals surface area contributed by atoms with Gasteiger partial charge in [0.05, 0.1) is 6.61 Å². The third-order valence-corrected chi connectivity index (χ3v) is 3.89. The molecule has 0 N–H and O–H groups in total. The van der Waals surface area contributed by atoms with Crippen LogP contribution in [0.3, 0.4) is 0 Å². The van der Waals surface area contributed by atoms with Gasteiger partial charge in [0.1, 0.15) is 0 Å². The predicted octanol–water partition coefficient (Wildman–Crippen LogP) is 2.43. The number of aryl methyl sites for hydroxylation is 1. The summed E-state index contributed by atoms with van der Waals surface area (Å²) < 4.78 is 4.97. The van der Waals surface area contributed by atoms with Gasteiger partial charge >= 0.3 is 5.97 Å². The van der Waals surface area contributed by atoms with Crippen LogP contribution in [-0.4, -0.2) is 43.2 Å². The molecule has 0 amide bonds. The van der Waals surface area contributed by atoms with Gasteiger partial charge in [0.25, 0.3) is 0 Å². The van der Waals surface area contributed by atoms with Crippen LogP contribution >= 0.6 is 23.1 Å². The molecule has 96 valence electrons. The first-order valence-corrected chi connectivity index (χ1v) is 7.65. The molecule has 0 saturated carbocycles. The number of thiazole rings is 1. The van der Waals surface area contributed by atoms with Crippen molar-refractivity contribution in [1.29, 1.82) is 0 Å². The van der Waals surface area contributed by atoms with Crippen molar-refractivity contribution in [3.05, 3.63) is 10.6 Å². The molecule has 0 atom stereocenters. The van der Waals surface area contributed by atoms with Gasteiger partial charge in [-0.1, -0.05) is 0 Å². The number of carbonyl (C=O) groups is 1. The van der Waals surface area contributed by atoms with Crippen molar-refractivity contribution in [2.24, 2.45) is 0 Å². The highest BCUT2D eigenvalue weighted by Crippen LogP contribution is 2.25. The fraction of sp³-hybridized carbons (Fsp3) is 0.636. The van der Waals surface area contributed by atoms with E-state index in [-0.39, 0.29) is 5.97 Å². The quantitative estimate of drug-likeness (QED) is 0.745. The standard InChI is InChI=1S/C11H18N2O2S2/c1-5-15-10(14)9-8(2)17-11(12-9)13(3)6-7-16-4/h5-7H2,1-4H3. The minimum atomic E-state index is -0.328. The van der Waals surface area contributed by atoms with E-state index in [1.807, 2.05) is 14.0 Å². The molecule has 1 rings (SSSR count). The zero-order valence-electron chi connectivity index (χ0n) is 10.6. The lowest BCUT2D eigenvalue weighted by atomic mass is 10.4. The fourth-order valence-corrected chi connectivity index (χ4v) is 2.60. The van der Waals surface area contributed by atoms with E-state index in [0.717, 1.165) is 22.3 Å². The second-order valence-electron chi connectivity index (χ2n) is 3.54. The molecule has 17 heavy (non-hydrogen) atoms. The molecule has 1 heterocycles. The number of rotatable bonds is 6. The predicted molar refractivity (Wildman–Crippen MR) is 74.5 cm³/mol. The average Bonchev–Trinajstić information content (AvgIpc) is 2.68. The lowest BCUT2D eigenvalue weighted by Gasteiger charge is -2.14. The molecule has 0 fully saturated rings. The molecule has 0 aliphatic carbocycles. The molecule has 0 aromatic carbocycles. The Balaban J connectivity index is 2.76. The van der Waals surface area contributed by atoms with Crippen LogP contribution in [0.2, 0.25) is 0 Å². The van der Waals surface area contributed by atoms with Gasteiger partial charge in [0, 0.05) is 24.2 Å². The van der Waals surface area contributed by atoms with Crippen molar-refractivity contribution < 1.29 is 9.53 Å². The topological polar surface area (TPSA) is 42.4 Å². The molecule has 0 aliphatic heterocycles. The van der Waals surface area contributed by atoms with Gasteiger partial charge < -0.3 is 9.64 Å². The van der Waals surface area contributed by atoms with Crippen molar-refractivity contribution in [1.82, 2.24) is 4.98 Å². The molecule has 1 aromatic rings. The Hall–Kier alpha value is -0.750. The lowest BCUT2D eigenvalue weighted by Crippen LogP contribution is -2.20. The number of hydrogen-bond donors (Lipinski definition) is 0. The molecular formula is C11H18N2O2S2. The van der Waals surface area contributed by atoms with Crippen LogP contribution < -0.4 is 4.90 Å². The van der Waals surface area contributed by atoms with Crippen LogP contribution in [0, 0.1) is 6.92 Å². The molecule has 0 radical (unpaired) electrons. The summed E-state index contributed by atoms with van der Waals surface area (Å²) in [5, 5.41) is 0.875. The molecule has 1 aromatic heterocycles. The molecule has 0 saturated heterocycles.